The lowest BCUT2D eigenvalue weighted by Crippen LogP contribution is -2.51. The third-order valence-electron chi connectivity index (χ3n) is 4.79. The van der Waals surface area contributed by atoms with E-state index in [2.05, 4.69) is 22.0 Å². The highest BCUT2D eigenvalue weighted by Crippen LogP contribution is 2.42. The van der Waals surface area contributed by atoms with Gasteiger partial charge in [0.1, 0.15) is 0 Å². The van der Waals surface area contributed by atoms with E-state index in [9.17, 15) is 4.79 Å². The number of nitrogens with one attached hydrogen (secondary N) is 1. The molecule has 0 aromatic carbocycles. The second kappa shape index (κ2) is 8.32. The average molecular weight is 351 g/mol. The monoisotopic (exact) mass is 350 g/mol. The van der Waals surface area contributed by atoms with Gasteiger partial charge >= 0.3 is 0 Å². The normalized spacial score (nSPS) is 29.0. The number of hydrogen-bond acceptors (Lipinski definition) is 4. The Hall–Kier alpha value is 0.420. The van der Waals surface area contributed by atoms with Gasteiger partial charge in [0.25, 0.3) is 0 Å². The van der Waals surface area contributed by atoms with E-state index in [0.29, 0.717) is 23.1 Å². The molecule has 1 unspecified atom stereocenters. The van der Waals surface area contributed by atoms with E-state index in [1.807, 2.05) is 11.8 Å². The molecule has 122 valence electrons. The molecule has 3 aliphatic rings. The molecular weight excluding hydrogens is 324 g/mol. The van der Waals surface area contributed by atoms with Crippen molar-refractivity contribution in [1.29, 1.82) is 0 Å². The Labute approximate surface area is 143 Å². The Kier molecular flexibility index (Phi) is 7.04. The molecule has 21 heavy (non-hydrogen) atoms. The van der Waals surface area contributed by atoms with Gasteiger partial charge in [-0.3, -0.25) is 4.79 Å². The number of carbonyl (C=O) groups is 1. The highest BCUT2D eigenvalue weighted by Gasteiger charge is 2.38. The first-order valence-electron chi connectivity index (χ1n) is 8.00. The Morgan fingerprint density at radius 1 is 1.24 bits per heavy atom. The lowest BCUT2D eigenvalue weighted by Gasteiger charge is -2.45. The van der Waals surface area contributed by atoms with Crippen molar-refractivity contribution in [1.82, 2.24) is 10.2 Å². The second-order valence-electron chi connectivity index (χ2n) is 6.34. The fourth-order valence-electron chi connectivity index (χ4n) is 3.65. The maximum Gasteiger partial charge on any atom is 0.224 e. The number of rotatable bonds is 2. The molecule has 3 rings (SSSR count). The van der Waals surface area contributed by atoms with Crippen molar-refractivity contribution in [3.8, 4) is 0 Å². The van der Waals surface area contributed by atoms with Crippen molar-refractivity contribution in [2.24, 2.45) is 0 Å². The Morgan fingerprint density at radius 2 is 2.05 bits per heavy atom. The van der Waals surface area contributed by atoms with Gasteiger partial charge < -0.3 is 10.2 Å². The van der Waals surface area contributed by atoms with E-state index in [4.69, 9.17) is 0 Å². The highest BCUT2D eigenvalue weighted by atomic mass is 35.5. The molecule has 6 heteroatoms. The summed E-state index contributed by atoms with van der Waals surface area (Å²) in [4.78, 5) is 14.7. The van der Waals surface area contributed by atoms with Crippen LogP contribution in [0.5, 0.6) is 0 Å². The molecule has 0 bridgehead atoms. The number of amides is 1. The third-order valence-corrected chi connectivity index (χ3v) is 7.45. The van der Waals surface area contributed by atoms with Crippen molar-refractivity contribution in [3.63, 3.8) is 0 Å². The van der Waals surface area contributed by atoms with E-state index in [1.54, 1.807) is 0 Å². The van der Waals surface area contributed by atoms with Crippen LogP contribution in [-0.2, 0) is 4.79 Å². The Balaban J connectivity index is 0.00000161. The molecule has 1 amide bonds. The third kappa shape index (κ3) is 4.69. The van der Waals surface area contributed by atoms with Crippen molar-refractivity contribution >= 4 is 41.8 Å². The van der Waals surface area contributed by atoms with Crippen LogP contribution in [-0.4, -0.2) is 58.5 Å². The molecular formula is C15H27ClN2OS2. The predicted octanol–water partition coefficient (Wildman–Crippen LogP) is 2.78. The molecule has 2 heterocycles. The Bertz CT molecular complexity index is 339. The zero-order valence-corrected chi connectivity index (χ0v) is 15.1. The summed E-state index contributed by atoms with van der Waals surface area (Å²) in [7, 11) is 0. The SMILES string of the molecule is Cl.O=C(CC1CSCCN1)N1CCSC2(CCCCC2)C1. The van der Waals surface area contributed by atoms with Gasteiger partial charge in [-0.05, 0) is 12.8 Å². The lowest BCUT2D eigenvalue weighted by molar-refractivity contribution is -0.132. The van der Waals surface area contributed by atoms with Gasteiger partial charge in [0.05, 0.1) is 0 Å². The number of nitrogens with zero attached hydrogens (tertiary/aromatic N) is 1. The van der Waals surface area contributed by atoms with Crippen molar-refractivity contribution in [2.75, 3.05) is 36.9 Å². The van der Waals surface area contributed by atoms with Gasteiger partial charge in [0, 0.05) is 54.1 Å². The van der Waals surface area contributed by atoms with Gasteiger partial charge in [0.2, 0.25) is 5.91 Å². The summed E-state index contributed by atoms with van der Waals surface area (Å²) < 4.78 is 0.404. The van der Waals surface area contributed by atoms with Crippen LogP contribution in [0.3, 0.4) is 0 Å². The average Bonchev–Trinajstić information content (AvgIpc) is 2.49. The highest BCUT2D eigenvalue weighted by molar-refractivity contribution is 8.00. The number of hydrogen-bond donors (Lipinski definition) is 1. The number of carbonyl (C=O) groups excluding carboxylic acids is 1. The first-order valence-corrected chi connectivity index (χ1v) is 10.1. The summed E-state index contributed by atoms with van der Waals surface area (Å²) in [6, 6.07) is 0.401. The first-order chi connectivity index (χ1) is 9.77. The number of halogens is 1. The van der Waals surface area contributed by atoms with Crippen molar-refractivity contribution < 1.29 is 4.79 Å². The molecule has 3 fully saturated rings. The summed E-state index contributed by atoms with van der Waals surface area (Å²) in [6.45, 7) is 3.03. The molecule has 1 saturated carbocycles. The summed E-state index contributed by atoms with van der Waals surface area (Å²) in [5.41, 5.74) is 0. The topological polar surface area (TPSA) is 32.3 Å². The van der Waals surface area contributed by atoms with Gasteiger partial charge in [-0.25, -0.2) is 0 Å². The maximum absolute atomic E-state index is 12.6. The second-order valence-corrected chi connectivity index (χ2v) is 9.05. The molecule has 1 atom stereocenters. The van der Waals surface area contributed by atoms with E-state index in [-0.39, 0.29) is 12.4 Å². The summed E-state index contributed by atoms with van der Waals surface area (Å²) in [5.74, 6) is 3.81. The van der Waals surface area contributed by atoms with E-state index < -0.39 is 0 Å². The summed E-state index contributed by atoms with van der Waals surface area (Å²) in [6.07, 6.45) is 7.44. The predicted molar refractivity (Wildman–Crippen MR) is 95.8 cm³/mol. The fourth-order valence-corrected chi connectivity index (χ4v) is 6.17. The quantitative estimate of drug-likeness (QED) is 0.830. The molecule has 1 spiro atoms. The first kappa shape index (κ1) is 17.8. The van der Waals surface area contributed by atoms with Gasteiger partial charge in [0.15, 0.2) is 0 Å². The van der Waals surface area contributed by atoms with Crippen molar-refractivity contribution in [3.05, 3.63) is 0 Å². The largest absolute Gasteiger partial charge is 0.340 e. The molecule has 0 aromatic rings. The summed E-state index contributed by atoms with van der Waals surface area (Å²) >= 11 is 4.12. The molecule has 0 aromatic heterocycles. The Morgan fingerprint density at radius 3 is 2.76 bits per heavy atom. The minimum atomic E-state index is 0. The van der Waals surface area contributed by atoms with Crippen LogP contribution in [0.4, 0.5) is 0 Å². The standard InChI is InChI=1S/C15H26N2OS2.ClH/c18-14(10-13-11-19-8-6-16-13)17-7-9-20-15(12-17)4-2-1-3-5-15;/h13,16H,1-12H2;1H. The lowest BCUT2D eigenvalue weighted by atomic mass is 9.87. The molecule has 0 radical (unpaired) electrons. The minimum absolute atomic E-state index is 0. The molecule has 1 aliphatic carbocycles. The molecule has 2 saturated heterocycles. The minimum Gasteiger partial charge on any atom is -0.340 e. The van der Waals surface area contributed by atoms with Crippen LogP contribution in [0.2, 0.25) is 0 Å². The summed E-state index contributed by atoms with van der Waals surface area (Å²) in [5, 5.41) is 3.49. The molecule has 1 N–H and O–H groups in total. The van der Waals surface area contributed by atoms with E-state index >= 15 is 0 Å². The van der Waals surface area contributed by atoms with Crippen LogP contribution < -0.4 is 5.32 Å². The van der Waals surface area contributed by atoms with Crippen LogP contribution in [0.1, 0.15) is 38.5 Å². The smallest absolute Gasteiger partial charge is 0.224 e. The van der Waals surface area contributed by atoms with Crippen LogP contribution in [0.15, 0.2) is 0 Å². The maximum atomic E-state index is 12.6. The van der Waals surface area contributed by atoms with Gasteiger partial charge in [-0.1, -0.05) is 19.3 Å². The zero-order chi connectivity index (χ0) is 13.8. The van der Waals surface area contributed by atoms with Crippen molar-refractivity contribution in [2.45, 2.75) is 49.3 Å². The van der Waals surface area contributed by atoms with E-state index in [0.717, 1.165) is 31.1 Å². The zero-order valence-electron chi connectivity index (χ0n) is 12.6. The van der Waals surface area contributed by atoms with Crippen LogP contribution in [0, 0.1) is 0 Å². The van der Waals surface area contributed by atoms with E-state index in [1.165, 1.54) is 37.9 Å². The number of thioether (sulfide) groups is 2. The van der Waals surface area contributed by atoms with Gasteiger partial charge in [-0.2, -0.15) is 23.5 Å². The van der Waals surface area contributed by atoms with Gasteiger partial charge in [-0.15, -0.1) is 12.4 Å². The molecule has 3 nitrogen and oxygen atoms in total. The van der Waals surface area contributed by atoms with Crippen LogP contribution in [0.25, 0.3) is 0 Å². The van der Waals surface area contributed by atoms with Crippen LogP contribution >= 0.6 is 35.9 Å². The molecule has 2 aliphatic heterocycles. The fraction of sp³-hybridized carbons (Fsp3) is 0.933.